The Bertz CT molecular complexity index is 1520. The van der Waals surface area contributed by atoms with Crippen LogP contribution in [0.1, 0.15) is 24.1 Å². The predicted molar refractivity (Wildman–Crippen MR) is 137 cm³/mol. The number of carbonyl (C=O) groups is 1. The van der Waals surface area contributed by atoms with E-state index in [9.17, 15) is 4.79 Å². The highest BCUT2D eigenvalue weighted by Crippen LogP contribution is 2.24. The molecule has 1 atom stereocenters. The smallest absolute Gasteiger partial charge is 0.410 e. The summed E-state index contributed by atoms with van der Waals surface area (Å²) >= 11 is 0. The molecule has 5 rings (SSSR count). The number of hydrogen-bond acceptors (Lipinski definition) is 8. The zero-order chi connectivity index (χ0) is 25.6. The zero-order valence-corrected chi connectivity index (χ0v) is 19.9. The molecular weight excluding hydrogens is 470 g/mol. The SMILES string of the molecule is CC(Cc1nn[nH]n1)N(C(=O)Oc1ccc2nc(CNc3ccc(C#N)cc3)[nH]c2c1)c1ccccc1. The Hall–Kier alpha value is -5.24. The van der Waals surface area contributed by atoms with Crippen molar-refractivity contribution in [2.75, 3.05) is 10.2 Å². The number of rotatable bonds is 8. The van der Waals surface area contributed by atoms with Gasteiger partial charge in [0.15, 0.2) is 5.82 Å². The molecule has 3 N–H and O–H groups in total. The average Bonchev–Trinajstić information content (AvgIpc) is 3.58. The number of imidazole rings is 1. The monoisotopic (exact) mass is 493 g/mol. The van der Waals surface area contributed by atoms with Gasteiger partial charge in [-0.1, -0.05) is 23.4 Å². The van der Waals surface area contributed by atoms with Crippen LogP contribution in [0.25, 0.3) is 11.0 Å². The van der Waals surface area contributed by atoms with Crippen molar-refractivity contribution in [3.05, 3.63) is 90.0 Å². The number of benzene rings is 3. The first-order valence-electron chi connectivity index (χ1n) is 11.6. The fraction of sp³-hybridized carbons (Fsp3) is 0.154. The van der Waals surface area contributed by atoms with Crippen LogP contribution in [-0.4, -0.2) is 42.7 Å². The number of tetrazole rings is 1. The topological polar surface area (TPSA) is 148 Å². The van der Waals surface area contributed by atoms with E-state index in [1.807, 2.05) is 49.4 Å². The molecule has 0 aliphatic heterocycles. The number of aromatic amines is 2. The van der Waals surface area contributed by atoms with Crippen LogP contribution in [0.3, 0.4) is 0 Å². The predicted octanol–water partition coefficient (Wildman–Crippen LogP) is 4.20. The van der Waals surface area contributed by atoms with Gasteiger partial charge in [0.05, 0.1) is 29.2 Å². The second-order valence-electron chi connectivity index (χ2n) is 8.36. The maximum absolute atomic E-state index is 13.3. The number of amides is 1. The molecule has 0 aliphatic rings. The second kappa shape index (κ2) is 10.6. The third kappa shape index (κ3) is 5.54. The van der Waals surface area contributed by atoms with Gasteiger partial charge < -0.3 is 15.0 Å². The van der Waals surface area contributed by atoms with Gasteiger partial charge in [-0.3, -0.25) is 4.90 Å². The van der Waals surface area contributed by atoms with E-state index in [0.717, 1.165) is 22.5 Å². The standard InChI is InChI=1S/C26H23N9O2/c1-17(13-24-31-33-34-32-24)35(20-5-3-2-4-6-20)26(36)37-21-11-12-22-23(14-21)30-25(29-22)16-28-19-9-7-18(15-27)8-10-19/h2-12,14,17,28H,13,16H2,1H3,(H,29,30)(H,31,32,33,34). The van der Waals surface area contributed by atoms with Crippen LogP contribution >= 0.6 is 0 Å². The van der Waals surface area contributed by atoms with Gasteiger partial charge in [0.2, 0.25) is 0 Å². The normalized spacial score (nSPS) is 11.6. The van der Waals surface area contributed by atoms with E-state index in [1.165, 1.54) is 0 Å². The molecular formula is C26H23N9O2. The first kappa shape index (κ1) is 23.5. The summed E-state index contributed by atoms with van der Waals surface area (Å²) < 4.78 is 5.77. The molecule has 0 aliphatic carbocycles. The second-order valence-corrected chi connectivity index (χ2v) is 8.36. The molecule has 0 radical (unpaired) electrons. The van der Waals surface area contributed by atoms with E-state index in [1.54, 1.807) is 35.2 Å². The van der Waals surface area contributed by atoms with Crippen molar-refractivity contribution >= 4 is 28.5 Å². The van der Waals surface area contributed by atoms with Crippen molar-refractivity contribution < 1.29 is 9.53 Å². The lowest BCUT2D eigenvalue weighted by molar-refractivity contribution is 0.205. The minimum atomic E-state index is -0.524. The summed E-state index contributed by atoms with van der Waals surface area (Å²) in [4.78, 5) is 22.7. The Labute approximate surface area is 212 Å². The molecule has 2 heterocycles. The lowest BCUT2D eigenvalue weighted by Crippen LogP contribution is -2.42. The van der Waals surface area contributed by atoms with Gasteiger partial charge in [-0.2, -0.15) is 10.5 Å². The number of para-hydroxylation sites is 1. The summed E-state index contributed by atoms with van der Waals surface area (Å²) in [6, 6.07) is 23.6. The molecule has 2 aromatic heterocycles. The molecule has 3 aromatic carbocycles. The molecule has 0 saturated carbocycles. The first-order chi connectivity index (χ1) is 18.1. The Balaban J connectivity index is 1.30. The summed E-state index contributed by atoms with van der Waals surface area (Å²) in [6.07, 6.45) is -0.126. The fourth-order valence-corrected chi connectivity index (χ4v) is 3.94. The third-order valence-corrected chi connectivity index (χ3v) is 5.72. The van der Waals surface area contributed by atoms with Crippen LogP contribution in [0, 0.1) is 11.3 Å². The van der Waals surface area contributed by atoms with Gasteiger partial charge in [-0.25, -0.2) is 9.78 Å². The van der Waals surface area contributed by atoms with E-state index in [2.05, 4.69) is 42.0 Å². The first-order valence-corrected chi connectivity index (χ1v) is 11.6. The summed E-state index contributed by atoms with van der Waals surface area (Å²) in [5, 5.41) is 26.2. The average molecular weight is 494 g/mol. The van der Waals surface area contributed by atoms with E-state index < -0.39 is 6.09 Å². The summed E-state index contributed by atoms with van der Waals surface area (Å²) in [5.41, 5.74) is 3.67. The highest BCUT2D eigenvalue weighted by Gasteiger charge is 2.25. The molecule has 1 unspecified atom stereocenters. The molecule has 0 saturated heterocycles. The number of carbonyl (C=O) groups excluding carboxylic acids is 1. The van der Waals surface area contributed by atoms with Crippen LogP contribution < -0.4 is 15.0 Å². The number of fused-ring (bicyclic) bond motifs is 1. The molecule has 0 fully saturated rings. The quantitative estimate of drug-likeness (QED) is 0.291. The summed E-state index contributed by atoms with van der Waals surface area (Å²) in [5.74, 6) is 1.62. The van der Waals surface area contributed by atoms with Crippen LogP contribution in [0.15, 0.2) is 72.8 Å². The number of aromatic nitrogens is 6. The van der Waals surface area contributed by atoms with Gasteiger partial charge in [0, 0.05) is 29.9 Å². The molecule has 5 aromatic rings. The lowest BCUT2D eigenvalue weighted by Gasteiger charge is -2.27. The maximum Gasteiger partial charge on any atom is 0.420 e. The lowest BCUT2D eigenvalue weighted by atomic mass is 10.1. The maximum atomic E-state index is 13.3. The fourth-order valence-electron chi connectivity index (χ4n) is 3.94. The van der Waals surface area contributed by atoms with Gasteiger partial charge in [-0.15, -0.1) is 10.2 Å². The van der Waals surface area contributed by atoms with E-state index >= 15 is 0 Å². The number of nitrogens with one attached hydrogen (secondary N) is 3. The number of nitriles is 1. The summed E-state index contributed by atoms with van der Waals surface area (Å²) in [7, 11) is 0. The van der Waals surface area contributed by atoms with Gasteiger partial charge in [0.1, 0.15) is 11.6 Å². The number of anilines is 2. The van der Waals surface area contributed by atoms with E-state index in [4.69, 9.17) is 10.00 Å². The Morgan fingerprint density at radius 2 is 1.95 bits per heavy atom. The van der Waals surface area contributed by atoms with Crippen molar-refractivity contribution in [2.45, 2.75) is 25.9 Å². The zero-order valence-electron chi connectivity index (χ0n) is 19.9. The highest BCUT2D eigenvalue weighted by molar-refractivity contribution is 5.90. The Morgan fingerprint density at radius 3 is 2.68 bits per heavy atom. The Kier molecular flexibility index (Phi) is 6.72. The third-order valence-electron chi connectivity index (χ3n) is 5.72. The number of H-pyrrole nitrogens is 2. The van der Waals surface area contributed by atoms with Gasteiger partial charge in [-0.05, 0) is 55.5 Å². The summed E-state index contributed by atoms with van der Waals surface area (Å²) in [6.45, 7) is 2.36. The minimum absolute atomic E-state index is 0.289. The molecule has 37 heavy (non-hydrogen) atoms. The van der Waals surface area contributed by atoms with Crippen LogP contribution in [0.2, 0.25) is 0 Å². The highest BCUT2D eigenvalue weighted by atomic mass is 16.6. The van der Waals surface area contributed by atoms with Crippen molar-refractivity contribution in [2.24, 2.45) is 0 Å². The largest absolute Gasteiger partial charge is 0.420 e. The molecule has 0 spiro atoms. The number of nitrogens with zero attached hydrogens (tertiary/aromatic N) is 6. The number of ether oxygens (including phenoxy) is 1. The van der Waals surface area contributed by atoms with Crippen molar-refractivity contribution in [1.82, 2.24) is 30.6 Å². The van der Waals surface area contributed by atoms with Crippen molar-refractivity contribution in [3.8, 4) is 11.8 Å². The van der Waals surface area contributed by atoms with Crippen molar-refractivity contribution in [3.63, 3.8) is 0 Å². The molecule has 11 nitrogen and oxygen atoms in total. The van der Waals surface area contributed by atoms with Gasteiger partial charge in [0.25, 0.3) is 0 Å². The minimum Gasteiger partial charge on any atom is -0.410 e. The van der Waals surface area contributed by atoms with Crippen molar-refractivity contribution in [1.29, 1.82) is 5.26 Å². The van der Waals surface area contributed by atoms with E-state index in [-0.39, 0.29) is 6.04 Å². The molecule has 11 heteroatoms. The van der Waals surface area contributed by atoms with Crippen LogP contribution in [-0.2, 0) is 13.0 Å². The molecule has 0 bridgehead atoms. The van der Waals surface area contributed by atoms with Gasteiger partial charge >= 0.3 is 6.09 Å². The van der Waals surface area contributed by atoms with Crippen LogP contribution in [0.5, 0.6) is 5.75 Å². The molecule has 184 valence electrons. The number of hydrogen-bond donors (Lipinski definition) is 3. The van der Waals surface area contributed by atoms with Crippen LogP contribution in [0.4, 0.5) is 16.2 Å². The Morgan fingerprint density at radius 1 is 1.14 bits per heavy atom. The van der Waals surface area contributed by atoms with E-state index in [0.29, 0.717) is 35.8 Å². The molecule has 1 amide bonds.